The molecule has 0 aliphatic carbocycles. The molecule has 2 heterocycles. The zero-order valence-corrected chi connectivity index (χ0v) is 21.2. The fourth-order valence-corrected chi connectivity index (χ4v) is 4.93. The van der Waals surface area contributed by atoms with Crippen LogP contribution < -0.4 is 4.90 Å². The molecule has 32 heavy (non-hydrogen) atoms. The average Bonchev–Trinajstić information content (AvgIpc) is 2.70. The van der Waals surface area contributed by atoms with Crippen LogP contribution in [0.2, 0.25) is 5.02 Å². The van der Waals surface area contributed by atoms with Gasteiger partial charge in [-0.05, 0) is 43.2 Å². The summed E-state index contributed by atoms with van der Waals surface area (Å²) < 4.78 is 0. The average molecular weight is 457 g/mol. The van der Waals surface area contributed by atoms with Crippen LogP contribution in [0.4, 0.5) is 5.82 Å². The number of carbonyl (C=O) groups is 1. The van der Waals surface area contributed by atoms with Gasteiger partial charge in [-0.3, -0.25) is 4.79 Å². The Morgan fingerprint density at radius 2 is 1.75 bits per heavy atom. The lowest BCUT2D eigenvalue weighted by Crippen LogP contribution is -2.49. The zero-order valence-electron chi connectivity index (χ0n) is 20.4. The molecule has 6 heteroatoms. The molecule has 174 valence electrons. The van der Waals surface area contributed by atoms with Gasteiger partial charge in [-0.25, -0.2) is 9.97 Å². The summed E-state index contributed by atoms with van der Waals surface area (Å²) in [5.41, 5.74) is 3.43. The lowest BCUT2D eigenvalue weighted by atomic mass is 9.84. The first-order valence-electron chi connectivity index (χ1n) is 11.6. The fourth-order valence-electron chi connectivity index (χ4n) is 4.73. The van der Waals surface area contributed by atoms with E-state index in [4.69, 9.17) is 16.6 Å². The van der Waals surface area contributed by atoms with E-state index in [-0.39, 0.29) is 11.3 Å². The summed E-state index contributed by atoms with van der Waals surface area (Å²) in [5, 5.41) is 0.762. The van der Waals surface area contributed by atoms with Crippen LogP contribution in [0, 0.1) is 25.2 Å². The summed E-state index contributed by atoms with van der Waals surface area (Å²) in [4.78, 5) is 26.6. The number of nitrogens with zero attached hydrogens (tertiary/aromatic N) is 4. The van der Waals surface area contributed by atoms with E-state index < -0.39 is 0 Å². The summed E-state index contributed by atoms with van der Waals surface area (Å²) >= 11 is 6.43. The van der Waals surface area contributed by atoms with Crippen LogP contribution in [0.15, 0.2) is 24.3 Å². The lowest BCUT2D eigenvalue weighted by Gasteiger charge is -2.37. The van der Waals surface area contributed by atoms with Crippen molar-refractivity contribution < 1.29 is 4.79 Å². The van der Waals surface area contributed by atoms with E-state index in [0.717, 1.165) is 66.1 Å². The molecule has 1 unspecified atom stereocenters. The van der Waals surface area contributed by atoms with Crippen LogP contribution in [-0.4, -0.2) is 47.0 Å². The number of carbonyl (C=O) groups excluding carboxylic acids is 1. The Hall–Kier alpha value is -2.14. The molecule has 5 nitrogen and oxygen atoms in total. The predicted molar refractivity (Wildman–Crippen MR) is 132 cm³/mol. The van der Waals surface area contributed by atoms with Gasteiger partial charge in [0.05, 0.1) is 0 Å². The van der Waals surface area contributed by atoms with Gasteiger partial charge < -0.3 is 9.80 Å². The van der Waals surface area contributed by atoms with Gasteiger partial charge in [0.15, 0.2) is 0 Å². The minimum Gasteiger partial charge on any atom is -0.353 e. The largest absolute Gasteiger partial charge is 0.353 e. The summed E-state index contributed by atoms with van der Waals surface area (Å²) in [6.07, 6.45) is 2.38. The van der Waals surface area contributed by atoms with E-state index in [1.807, 2.05) is 36.9 Å². The molecule has 1 fully saturated rings. The molecule has 1 aromatic carbocycles. The smallest absolute Gasteiger partial charge is 0.222 e. The van der Waals surface area contributed by atoms with Gasteiger partial charge in [0.25, 0.3) is 0 Å². The van der Waals surface area contributed by atoms with E-state index in [1.165, 1.54) is 0 Å². The third kappa shape index (κ3) is 6.44. The normalized spacial score (nSPS) is 15.7. The Morgan fingerprint density at radius 1 is 1.09 bits per heavy atom. The molecule has 1 amide bonds. The topological polar surface area (TPSA) is 49.3 Å². The maximum absolute atomic E-state index is 12.9. The number of hydrogen-bond donors (Lipinski definition) is 0. The van der Waals surface area contributed by atoms with Gasteiger partial charge >= 0.3 is 0 Å². The molecule has 3 rings (SSSR count). The molecule has 0 spiro atoms. The molecular formula is C26H37ClN4O. The molecule has 1 saturated heterocycles. The number of benzene rings is 1. The van der Waals surface area contributed by atoms with E-state index in [0.29, 0.717) is 18.8 Å². The highest BCUT2D eigenvalue weighted by atomic mass is 35.5. The second-order valence-electron chi connectivity index (χ2n) is 10.4. The molecule has 1 aliphatic rings. The first-order chi connectivity index (χ1) is 15.0. The molecule has 0 N–H and O–H groups in total. The molecule has 1 aliphatic heterocycles. The highest BCUT2D eigenvalue weighted by molar-refractivity contribution is 6.31. The number of hydrogen-bond acceptors (Lipinski definition) is 4. The molecule has 0 bridgehead atoms. The number of anilines is 1. The van der Waals surface area contributed by atoms with E-state index in [1.54, 1.807) is 0 Å². The van der Waals surface area contributed by atoms with Crippen molar-refractivity contribution >= 4 is 23.3 Å². The van der Waals surface area contributed by atoms with Crippen LogP contribution >= 0.6 is 11.6 Å². The molecule has 1 aromatic heterocycles. The molecule has 0 radical (unpaired) electrons. The van der Waals surface area contributed by atoms with Gasteiger partial charge in [-0.15, -0.1) is 0 Å². The summed E-state index contributed by atoms with van der Waals surface area (Å²) in [5.74, 6) is 2.42. The van der Waals surface area contributed by atoms with Crippen molar-refractivity contribution in [1.29, 1.82) is 0 Å². The van der Waals surface area contributed by atoms with Gasteiger partial charge in [0.1, 0.15) is 11.6 Å². The van der Waals surface area contributed by atoms with Gasteiger partial charge in [0, 0.05) is 55.3 Å². The second kappa shape index (κ2) is 10.2. The van der Waals surface area contributed by atoms with Gasteiger partial charge in [-0.2, -0.15) is 0 Å². The Balaban J connectivity index is 1.70. The first kappa shape index (κ1) is 24.5. The minimum atomic E-state index is 0.249. The van der Waals surface area contributed by atoms with Crippen LogP contribution in [0.3, 0.4) is 0 Å². The highest BCUT2D eigenvalue weighted by Crippen LogP contribution is 2.29. The minimum absolute atomic E-state index is 0.249. The molecule has 2 aromatic rings. The van der Waals surface area contributed by atoms with Crippen molar-refractivity contribution in [3.8, 4) is 0 Å². The number of aromatic nitrogens is 2. The SMILES string of the molecule is Cc1nc(C)c(Cc2ccccc2Cl)c(N2CCN(C(=O)CC(C)CC(C)(C)C)CC2)n1. The van der Waals surface area contributed by atoms with Crippen molar-refractivity contribution in [2.45, 2.75) is 60.8 Å². The van der Waals surface area contributed by atoms with Crippen molar-refractivity contribution in [2.75, 3.05) is 31.1 Å². The fraction of sp³-hybridized carbons (Fsp3) is 0.577. The van der Waals surface area contributed by atoms with Crippen molar-refractivity contribution in [2.24, 2.45) is 11.3 Å². The third-order valence-corrected chi connectivity index (χ3v) is 6.41. The van der Waals surface area contributed by atoms with E-state index >= 15 is 0 Å². The summed E-state index contributed by atoms with van der Waals surface area (Å²) in [7, 11) is 0. The van der Waals surface area contributed by atoms with Crippen LogP contribution in [0.1, 0.15) is 63.2 Å². The summed E-state index contributed by atoms with van der Waals surface area (Å²) in [6, 6.07) is 7.94. The maximum atomic E-state index is 12.9. The van der Waals surface area contributed by atoms with Crippen LogP contribution in [0.25, 0.3) is 0 Å². The standard InChI is InChI=1S/C26H37ClN4O/c1-18(17-26(4,5)6)15-24(32)30-11-13-31(14-12-30)25-22(19(2)28-20(3)29-25)16-21-9-7-8-10-23(21)27/h7-10,18H,11-17H2,1-6H3. The zero-order chi connectivity index (χ0) is 23.5. The molecule has 0 saturated carbocycles. The Bertz CT molecular complexity index is 945. The number of amides is 1. The van der Waals surface area contributed by atoms with Crippen molar-refractivity contribution in [1.82, 2.24) is 14.9 Å². The monoisotopic (exact) mass is 456 g/mol. The highest BCUT2D eigenvalue weighted by Gasteiger charge is 2.26. The molecule has 1 atom stereocenters. The van der Waals surface area contributed by atoms with Crippen molar-refractivity contribution in [3.63, 3.8) is 0 Å². The summed E-state index contributed by atoms with van der Waals surface area (Å²) in [6.45, 7) is 15.9. The number of halogens is 1. The maximum Gasteiger partial charge on any atom is 0.222 e. The molecular weight excluding hydrogens is 420 g/mol. The number of rotatable bonds is 6. The predicted octanol–water partition coefficient (Wildman–Crippen LogP) is 5.45. The van der Waals surface area contributed by atoms with Gasteiger partial charge in [-0.1, -0.05) is 57.5 Å². The van der Waals surface area contributed by atoms with Crippen LogP contribution in [0.5, 0.6) is 0 Å². The number of aryl methyl sites for hydroxylation is 2. The van der Waals surface area contributed by atoms with Gasteiger partial charge in [0.2, 0.25) is 5.91 Å². The van der Waals surface area contributed by atoms with E-state index in [9.17, 15) is 4.79 Å². The Morgan fingerprint density at radius 3 is 2.38 bits per heavy atom. The lowest BCUT2D eigenvalue weighted by molar-refractivity contribution is -0.132. The first-order valence-corrected chi connectivity index (χ1v) is 12.0. The number of piperazine rings is 1. The third-order valence-electron chi connectivity index (χ3n) is 6.04. The van der Waals surface area contributed by atoms with Crippen molar-refractivity contribution in [3.05, 3.63) is 51.9 Å². The van der Waals surface area contributed by atoms with Crippen LogP contribution in [-0.2, 0) is 11.2 Å². The quantitative estimate of drug-likeness (QED) is 0.580. The Kier molecular flexibility index (Phi) is 7.81. The second-order valence-corrected chi connectivity index (χ2v) is 10.8. The van der Waals surface area contributed by atoms with E-state index in [2.05, 4.69) is 43.6 Å². The Labute approximate surface area is 198 Å².